The third kappa shape index (κ3) is 3.75. The number of ether oxygens (including phenoxy) is 2. The Balaban J connectivity index is 1.46. The largest absolute Gasteiger partial charge is 0.485 e. The third-order valence-corrected chi connectivity index (χ3v) is 6.99. The molecule has 0 bridgehead atoms. The fourth-order valence-electron chi connectivity index (χ4n) is 5.39. The van der Waals surface area contributed by atoms with Gasteiger partial charge in [-0.05, 0) is 36.0 Å². The van der Waals surface area contributed by atoms with Crippen molar-refractivity contribution in [3.8, 4) is 11.6 Å². The number of hydrogen-bond acceptors (Lipinski definition) is 6. The SMILES string of the molecule is Cc1cccc(C)c1OCc1nc2c3c(ncn2n1)OC1=C(C(=O)CC(C)(C)C1)[C@H]3c1ccccc1. The first-order chi connectivity index (χ1) is 17.3. The standard InChI is InChI=1S/C29H28N4O3/c1-17-9-8-10-18(2)26(17)35-15-22-31-27-25-23(19-11-6-5-7-12-19)24-20(34)13-29(3,4)14-21(24)36-28(25)30-16-33(27)32-22/h5-12,16,23H,13-15H2,1-4H3/t23-/m1/s1. The Hall–Kier alpha value is -4.00. The zero-order valence-electron chi connectivity index (χ0n) is 20.9. The number of ketones is 1. The van der Waals surface area contributed by atoms with E-state index in [4.69, 9.17) is 14.5 Å². The van der Waals surface area contributed by atoms with Gasteiger partial charge in [0.15, 0.2) is 17.3 Å². The van der Waals surface area contributed by atoms with E-state index in [-0.39, 0.29) is 23.7 Å². The molecular weight excluding hydrogens is 452 g/mol. The van der Waals surface area contributed by atoms with Crippen LogP contribution in [0.3, 0.4) is 0 Å². The molecular formula is C29H28N4O3. The second-order valence-corrected chi connectivity index (χ2v) is 10.5. The topological polar surface area (TPSA) is 78.6 Å². The van der Waals surface area contributed by atoms with E-state index in [0.717, 1.165) is 28.0 Å². The highest BCUT2D eigenvalue weighted by Gasteiger charge is 2.43. The molecule has 2 aromatic carbocycles. The summed E-state index contributed by atoms with van der Waals surface area (Å²) in [5, 5.41) is 4.63. The van der Waals surface area contributed by atoms with Crippen LogP contribution in [0.5, 0.6) is 11.6 Å². The maximum absolute atomic E-state index is 13.5. The lowest BCUT2D eigenvalue weighted by atomic mass is 9.70. The van der Waals surface area contributed by atoms with Gasteiger partial charge in [0.2, 0.25) is 5.88 Å². The zero-order valence-corrected chi connectivity index (χ0v) is 20.9. The molecule has 0 N–H and O–H groups in total. The number of carbonyl (C=O) groups is 1. The van der Waals surface area contributed by atoms with Crippen LogP contribution in [0.1, 0.15) is 60.7 Å². The molecule has 1 aliphatic heterocycles. The monoisotopic (exact) mass is 480 g/mol. The Bertz CT molecular complexity index is 1510. The summed E-state index contributed by atoms with van der Waals surface area (Å²) >= 11 is 0. The molecule has 4 aromatic rings. The molecule has 7 nitrogen and oxygen atoms in total. The molecule has 0 spiro atoms. The molecule has 0 unspecified atom stereocenters. The minimum Gasteiger partial charge on any atom is -0.485 e. The minimum atomic E-state index is -0.318. The summed E-state index contributed by atoms with van der Waals surface area (Å²) in [6.45, 7) is 8.47. The second kappa shape index (κ2) is 8.29. The van der Waals surface area contributed by atoms with Gasteiger partial charge in [-0.3, -0.25) is 4.79 Å². The maximum atomic E-state index is 13.5. The summed E-state index contributed by atoms with van der Waals surface area (Å²) in [4.78, 5) is 22.9. The Morgan fingerprint density at radius 3 is 2.56 bits per heavy atom. The number of para-hydroxylation sites is 1. The average molecular weight is 481 g/mol. The predicted molar refractivity (Wildman–Crippen MR) is 135 cm³/mol. The van der Waals surface area contributed by atoms with Crippen LogP contribution in [-0.2, 0) is 11.4 Å². The van der Waals surface area contributed by atoms with E-state index in [1.165, 1.54) is 0 Å². The minimum absolute atomic E-state index is 0.112. The van der Waals surface area contributed by atoms with E-state index < -0.39 is 0 Å². The lowest BCUT2D eigenvalue weighted by molar-refractivity contribution is -0.118. The van der Waals surface area contributed by atoms with Crippen LogP contribution in [-0.4, -0.2) is 25.4 Å². The number of aryl methyl sites for hydroxylation is 2. The first-order valence-corrected chi connectivity index (χ1v) is 12.2. The molecule has 182 valence electrons. The summed E-state index contributed by atoms with van der Waals surface area (Å²) in [5.74, 6) is 2.37. The quantitative estimate of drug-likeness (QED) is 0.384. The van der Waals surface area contributed by atoms with Gasteiger partial charge in [0.25, 0.3) is 0 Å². The van der Waals surface area contributed by atoms with Gasteiger partial charge in [0.05, 0.1) is 5.56 Å². The Morgan fingerprint density at radius 2 is 1.81 bits per heavy atom. The van der Waals surface area contributed by atoms with E-state index >= 15 is 0 Å². The summed E-state index contributed by atoms with van der Waals surface area (Å²) in [7, 11) is 0. The Labute approximate surface area is 209 Å². The summed E-state index contributed by atoms with van der Waals surface area (Å²) in [6, 6.07) is 16.1. The molecule has 0 fully saturated rings. The number of rotatable bonds is 4. The van der Waals surface area contributed by atoms with Crippen LogP contribution in [0.4, 0.5) is 0 Å². The van der Waals surface area contributed by atoms with Crippen molar-refractivity contribution in [2.45, 2.75) is 53.1 Å². The molecule has 0 amide bonds. The summed E-state index contributed by atoms with van der Waals surface area (Å²) in [5.41, 5.74) is 5.07. The molecule has 2 aliphatic rings. The fraction of sp³-hybridized carbons (Fsp3) is 0.310. The van der Waals surface area contributed by atoms with Gasteiger partial charge in [-0.2, -0.15) is 0 Å². The molecule has 0 radical (unpaired) electrons. The highest BCUT2D eigenvalue weighted by molar-refractivity contribution is 6.00. The number of nitrogens with zero attached hydrogens (tertiary/aromatic N) is 4. The van der Waals surface area contributed by atoms with Crippen LogP contribution in [0.15, 0.2) is 66.2 Å². The lowest BCUT2D eigenvalue weighted by Crippen LogP contribution is -2.33. The molecule has 3 heterocycles. The molecule has 7 heteroatoms. The molecule has 2 aromatic heterocycles. The van der Waals surface area contributed by atoms with Gasteiger partial charge in [-0.25, -0.2) is 14.5 Å². The van der Waals surface area contributed by atoms with E-state index in [0.29, 0.717) is 41.5 Å². The van der Waals surface area contributed by atoms with Crippen molar-refractivity contribution in [2.24, 2.45) is 5.41 Å². The van der Waals surface area contributed by atoms with Gasteiger partial charge < -0.3 is 9.47 Å². The normalized spacial score (nSPS) is 18.6. The van der Waals surface area contributed by atoms with Crippen LogP contribution in [0, 0.1) is 19.3 Å². The van der Waals surface area contributed by atoms with Crippen molar-refractivity contribution in [3.05, 3.63) is 94.3 Å². The van der Waals surface area contributed by atoms with Crippen LogP contribution >= 0.6 is 0 Å². The Kier molecular flexibility index (Phi) is 5.18. The average Bonchev–Trinajstić information content (AvgIpc) is 3.25. The van der Waals surface area contributed by atoms with E-state index in [1.807, 2.05) is 62.4 Å². The van der Waals surface area contributed by atoms with Crippen molar-refractivity contribution < 1.29 is 14.3 Å². The summed E-state index contributed by atoms with van der Waals surface area (Å²) < 4.78 is 14.1. The van der Waals surface area contributed by atoms with Gasteiger partial charge in [-0.1, -0.05) is 62.4 Å². The third-order valence-electron chi connectivity index (χ3n) is 6.99. The van der Waals surface area contributed by atoms with Gasteiger partial charge in [-0.15, -0.1) is 5.10 Å². The van der Waals surface area contributed by atoms with Gasteiger partial charge in [0.1, 0.15) is 24.4 Å². The first kappa shape index (κ1) is 22.5. The highest BCUT2D eigenvalue weighted by Crippen LogP contribution is 2.50. The van der Waals surface area contributed by atoms with Crippen LogP contribution in [0.2, 0.25) is 0 Å². The Morgan fingerprint density at radius 1 is 1.06 bits per heavy atom. The van der Waals surface area contributed by atoms with Crippen molar-refractivity contribution in [1.29, 1.82) is 0 Å². The number of hydrogen-bond donors (Lipinski definition) is 0. The van der Waals surface area contributed by atoms with Crippen LogP contribution < -0.4 is 9.47 Å². The van der Waals surface area contributed by atoms with E-state index in [1.54, 1.807) is 10.8 Å². The predicted octanol–water partition coefficient (Wildman–Crippen LogP) is 5.49. The number of carbonyl (C=O) groups excluding carboxylic acids is 1. The van der Waals surface area contributed by atoms with Crippen molar-refractivity contribution in [2.75, 3.05) is 0 Å². The number of allylic oxidation sites excluding steroid dienone is 2. The van der Waals surface area contributed by atoms with Crippen molar-refractivity contribution >= 4 is 11.4 Å². The van der Waals surface area contributed by atoms with Gasteiger partial charge in [0, 0.05) is 24.3 Å². The molecule has 36 heavy (non-hydrogen) atoms. The summed E-state index contributed by atoms with van der Waals surface area (Å²) in [6.07, 6.45) is 2.78. The molecule has 6 rings (SSSR count). The van der Waals surface area contributed by atoms with Crippen LogP contribution in [0.25, 0.3) is 5.65 Å². The van der Waals surface area contributed by atoms with E-state index in [2.05, 4.69) is 23.9 Å². The van der Waals surface area contributed by atoms with Gasteiger partial charge >= 0.3 is 0 Å². The zero-order chi connectivity index (χ0) is 25.0. The molecule has 1 atom stereocenters. The second-order valence-electron chi connectivity index (χ2n) is 10.5. The highest BCUT2D eigenvalue weighted by atomic mass is 16.5. The molecule has 0 saturated heterocycles. The van der Waals surface area contributed by atoms with E-state index in [9.17, 15) is 4.79 Å². The lowest BCUT2D eigenvalue weighted by Gasteiger charge is -2.37. The number of Topliss-reactive ketones (excluding diaryl/α,β-unsaturated/α-hetero) is 1. The molecule has 0 saturated carbocycles. The fourth-order valence-corrected chi connectivity index (χ4v) is 5.39. The smallest absolute Gasteiger partial charge is 0.228 e. The first-order valence-electron chi connectivity index (χ1n) is 12.2. The number of fused-ring (bicyclic) bond motifs is 3. The van der Waals surface area contributed by atoms with Crippen molar-refractivity contribution in [3.63, 3.8) is 0 Å². The number of aromatic nitrogens is 4. The number of benzene rings is 2. The molecule has 1 aliphatic carbocycles. The van der Waals surface area contributed by atoms with Crippen molar-refractivity contribution in [1.82, 2.24) is 19.6 Å². The maximum Gasteiger partial charge on any atom is 0.228 e.